The normalized spacial score (nSPS) is 16.0. The number of rotatable bonds is 2. The molecule has 0 saturated heterocycles. The Morgan fingerprint density at radius 1 is 1.20 bits per heavy atom. The highest BCUT2D eigenvalue weighted by atomic mass is 16.2. The van der Waals surface area contributed by atoms with Crippen LogP contribution in [0.3, 0.4) is 0 Å². The van der Waals surface area contributed by atoms with Gasteiger partial charge in [0.05, 0.1) is 24.0 Å². The van der Waals surface area contributed by atoms with Crippen molar-refractivity contribution >= 4 is 17.3 Å². The highest BCUT2D eigenvalue weighted by molar-refractivity contribution is 5.97. The first-order valence-corrected chi connectivity index (χ1v) is 8.52. The zero-order valence-corrected chi connectivity index (χ0v) is 14.7. The molecule has 0 spiro atoms. The van der Waals surface area contributed by atoms with E-state index >= 15 is 0 Å². The largest absolute Gasteiger partial charge is 0.363 e. The van der Waals surface area contributed by atoms with Crippen molar-refractivity contribution < 1.29 is 4.79 Å². The Labute approximate surface area is 149 Å². The van der Waals surface area contributed by atoms with Crippen LogP contribution in [0.15, 0.2) is 48.5 Å². The lowest BCUT2D eigenvalue weighted by Crippen LogP contribution is -2.49. The summed E-state index contributed by atoms with van der Waals surface area (Å²) in [4.78, 5) is 16.3. The van der Waals surface area contributed by atoms with E-state index in [0.717, 1.165) is 30.0 Å². The molecule has 0 fully saturated rings. The summed E-state index contributed by atoms with van der Waals surface area (Å²) in [7, 11) is 0. The molecule has 1 aliphatic rings. The van der Waals surface area contributed by atoms with Crippen molar-refractivity contribution in [2.45, 2.75) is 26.4 Å². The third-order valence-electron chi connectivity index (χ3n) is 4.38. The summed E-state index contributed by atoms with van der Waals surface area (Å²) in [6.07, 6.45) is 0. The molecule has 2 aromatic rings. The van der Waals surface area contributed by atoms with Gasteiger partial charge in [-0.3, -0.25) is 4.79 Å². The number of nitrogens with two attached hydrogens (primary N) is 1. The molecular weight excluding hydrogens is 310 g/mol. The first kappa shape index (κ1) is 17.1. The van der Waals surface area contributed by atoms with Crippen LogP contribution in [-0.4, -0.2) is 25.0 Å². The summed E-state index contributed by atoms with van der Waals surface area (Å²) in [5.74, 6) is 6.06. The second kappa shape index (κ2) is 7.42. The summed E-state index contributed by atoms with van der Waals surface area (Å²) in [6.45, 7) is 5.67. The fourth-order valence-electron chi connectivity index (χ4n) is 3.42. The maximum Gasteiger partial charge on any atom is 0.224 e. The minimum Gasteiger partial charge on any atom is -0.363 e. The van der Waals surface area contributed by atoms with Crippen molar-refractivity contribution in [2.24, 2.45) is 5.73 Å². The molecule has 1 amide bonds. The predicted octanol–water partition coefficient (Wildman–Crippen LogP) is 2.76. The van der Waals surface area contributed by atoms with Gasteiger partial charge in [0.25, 0.3) is 0 Å². The Morgan fingerprint density at radius 2 is 1.96 bits per heavy atom. The first-order valence-electron chi connectivity index (χ1n) is 8.52. The van der Waals surface area contributed by atoms with Crippen LogP contribution in [0.1, 0.15) is 25.0 Å². The van der Waals surface area contributed by atoms with Gasteiger partial charge in [-0.2, -0.15) is 0 Å². The summed E-state index contributed by atoms with van der Waals surface area (Å²) in [6, 6.07) is 16.5. The highest BCUT2D eigenvalue weighted by Gasteiger charge is 2.30. The second-order valence-electron chi connectivity index (χ2n) is 6.31. The van der Waals surface area contributed by atoms with Crippen LogP contribution in [-0.2, 0) is 11.3 Å². The van der Waals surface area contributed by atoms with Crippen LogP contribution in [0.25, 0.3) is 0 Å². The number of hydrogen-bond acceptors (Lipinski definition) is 3. The van der Waals surface area contributed by atoms with Gasteiger partial charge in [-0.25, -0.2) is 0 Å². The van der Waals surface area contributed by atoms with Gasteiger partial charge in [0.2, 0.25) is 5.91 Å². The number of carbonyl (C=O) groups excluding carboxylic acids is 1. The Balaban J connectivity index is 1.91. The van der Waals surface area contributed by atoms with Gasteiger partial charge in [-0.1, -0.05) is 36.1 Å². The maximum absolute atomic E-state index is 12.1. The van der Waals surface area contributed by atoms with Crippen molar-refractivity contribution in [3.05, 3.63) is 59.7 Å². The zero-order chi connectivity index (χ0) is 17.8. The summed E-state index contributed by atoms with van der Waals surface area (Å²) >= 11 is 0. The molecule has 0 aromatic heterocycles. The third kappa shape index (κ3) is 3.67. The van der Waals surface area contributed by atoms with E-state index in [0.29, 0.717) is 6.54 Å². The summed E-state index contributed by atoms with van der Waals surface area (Å²) < 4.78 is 0. The van der Waals surface area contributed by atoms with E-state index in [1.807, 2.05) is 35.2 Å². The third-order valence-corrected chi connectivity index (χ3v) is 4.38. The summed E-state index contributed by atoms with van der Waals surface area (Å²) in [5, 5.41) is 0. The lowest BCUT2D eigenvalue weighted by Gasteiger charge is -2.41. The standard InChI is InChI=1S/C21H23N3O/c1-16-14-23(15-19-8-5-7-18(13-19)9-6-12-22)20-10-3-4-11-21(20)24(16)17(2)25/h3-5,7-8,10-11,13,16H,12,14-15,22H2,1-2H3/t16-/m0/s1. The van der Waals surface area contributed by atoms with Crippen LogP contribution < -0.4 is 15.5 Å². The molecular formula is C21H23N3O. The number of nitrogens with zero attached hydrogens (tertiary/aromatic N) is 2. The molecule has 4 nitrogen and oxygen atoms in total. The smallest absolute Gasteiger partial charge is 0.224 e. The van der Waals surface area contributed by atoms with E-state index in [4.69, 9.17) is 5.73 Å². The van der Waals surface area contributed by atoms with Crippen molar-refractivity contribution in [1.29, 1.82) is 0 Å². The van der Waals surface area contributed by atoms with Gasteiger partial charge in [0, 0.05) is 25.6 Å². The van der Waals surface area contributed by atoms with Gasteiger partial charge >= 0.3 is 0 Å². The van der Waals surface area contributed by atoms with Crippen LogP contribution in [0.5, 0.6) is 0 Å². The van der Waals surface area contributed by atoms with Gasteiger partial charge < -0.3 is 15.5 Å². The number of carbonyl (C=O) groups is 1. The topological polar surface area (TPSA) is 49.6 Å². The van der Waals surface area contributed by atoms with E-state index in [-0.39, 0.29) is 11.9 Å². The van der Waals surface area contributed by atoms with E-state index in [1.165, 1.54) is 5.56 Å². The molecule has 0 saturated carbocycles. The van der Waals surface area contributed by atoms with Gasteiger partial charge in [0.15, 0.2) is 0 Å². The van der Waals surface area contributed by atoms with Gasteiger partial charge in [0.1, 0.15) is 0 Å². The first-order chi connectivity index (χ1) is 12.1. The molecule has 1 atom stereocenters. The average Bonchev–Trinajstić information content (AvgIpc) is 2.60. The lowest BCUT2D eigenvalue weighted by molar-refractivity contribution is -0.117. The Bertz CT molecular complexity index is 834. The van der Waals surface area contributed by atoms with E-state index < -0.39 is 0 Å². The van der Waals surface area contributed by atoms with Crippen LogP contribution in [0, 0.1) is 11.8 Å². The number of hydrogen-bond donors (Lipinski definition) is 1. The van der Waals surface area contributed by atoms with E-state index in [2.05, 4.69) is 41.9 Å². The molecule has 2 N–H and O–H groups in total. The maximum atomic E-state index is 12.1. The molecule has 0 unspecified atom stereocenters. The molecule has 128 valence electrons. The highest BCUT2D eigenvalue weighted by Crippen LogP contribution is 2.36. The average molecular weight is 333 g/mol. The van der Waals surface area contributed by atoms with E-state index in [1.54, 1.807) is 6.92 Å². The van der Waals surface area contributed by atoms with Gasteiger partial charge in [-0.15, -0.1) is 0 Å². The minimum absolute atomic E-state index is 0.0821. The lowest BCUT2D eigenvalue weighted by atomic mass is 10.1. The number of anilines is 2. The van der Waals surface area contributed by atoms with Crippen molar-refractivity contribution in [3.8, 4) is 11.8 Å². The predicted molar refractivity (Wildman–Crippen MR) is 102 cm³/mol. The fourth-order valence-corrected chi connectivity index (χ4v) is 3.42. The summed E-state index contributed by atoms with van der Waals surface area (Å²) in [5.41, 5.74) is 9.70. The molecule has 2 aromatic carbocycles. The van der Waals surface area contributed by atoms with E-state index in [9.17, 15) is 4.79 Å². The molecule has 1 aliphatic heterocycles. The van der Waals surface area contributed by atoms with Crippen molar-refractivity contribution in [2.75, 3.05) is 22.9 Å². The zero-order valence-electron chi connectivity index (χ0n) is 14.7. The molecule has 0 radical (unpaired) electrons. The van der Waals surface area contributed by atoms with Crippen LogP contribution in [0.2, 0.25) is 0 Å². The molecule has 25 heavy (non-hydrogen) atoms. The van der Waals surface area contributed by atoms with Crippen LogP contribution in [0.4, 0.5) is 11.4 Å². The number of benzene rings is 2. The number of fused-ring (bicyclic) bond motifs is 1. The second-order valence-corrected chi connectivity index (χ2v) is 6.31. The molecule has 3 rings (SSSR count). The number of para-hydroxylation sites is 2. The SMILES string of the molecule is CC(=O)N1c2ccccc2N(Cc2cccc(C#CCN)c2)C[C@@H]1C. The van der Waals surface area contributed by atoms with Crippen LogP contribution >= 0.6 is 0 Å². The van der Waals surface area contributed by atoms with Gasteiger partial charge in [-0.05, 0) is 36.8 Å². The minimum atomic E-state index is 0.0821. The Hall–Kier alpha value is -2.77. The molecule has 4 heteroatoms. The Morgan fingerprint density at radius 3 is 2.68 bits per heavy atom. The molecule has 0 bridgehead atoms. The van der Waals surface area contributed by atoms with Crippen molar-refractivity contribution in [3.63, 3.8) is 0 Å². The van der Waals surface area contributed by atoms with Crippen molar-refractivity contribution in [1.82, 2.24) is 0 Å². The quantitative estimate of drug-likeness (QED) is 0.860. The Kier molecular flexibility index (Phi) is 5.06. The fraction of sp³-hybridized carbons (Fsp3) is 0.286. The monoisotopic (exact) mass is 333 g/mol. The molecule has 1 heterocycles. The number of amides is 1. The molecule has 0 aliphatic carbocycles.